The maximum atomic E-state index is 12.8. The monoisotopic (exact) mass is 441 g/mol. The van der Waals surface area contributed by atoms with Gasteiger partial charge in [0.15, 0.2) is 0 Å². The van der Waals surface area contributed by atoms with Crippen LogP contribution in [0.2, 0.25) is 0 Å². The Morgan fingerprint density at radius 3 is 2.62 bits per heavy atom. The summed E-state index contributed by atoms with van der Waals surface area (Å²) >= 11 is 6.69. The lowest BCUT2D eigenvalue weighted by molar-refractivity contribution is -0.0750. The van der Waals surface area contributed by atoms with Gasteiger partial charge in [0.25, 0.3) is 0 Å². The number of ether oxygens (including phenoxy) is 1. The minimum absolute atomic E-state index is 0.154. The van der Waals surface area contributed by atoms with E-state index in [4.69, 9.17) is 4.74 Å². The van der Waals surface area contributed by atoms with Crippen molar-refractivity contribution in [2.45, 2.75) is 31.0 Å². The van der Waals surface area contributed by atoms with Crippen LogP contribution in [-0.2, 0) is 14.8 Å². The molecule has 1 heterocycles. The summed E-state index contributed by atoms with van der Waals surface area (Å²) in [5.41, 5.74) is 0.949. The average molecular weight is 443 g/mol. The largest absolute Gasteiger partial charge is 0.394 e. The van der Waals surface area contributed by atoms with Crippen molar-refractivity contribution in [3.8, 4) is 0 Å². The first-order valence-electron chi connectivity index (χ1n) is 6.47. The second-order valence-electron chi connectivity index (χ2n) is 5.11. The number of aliphatic hydroxyl groups excluding tert-OH is 1. The molecule has 1 aliphatic heterocycles. The van der Waals surface area contributed by atoms with Crippen molar-refractivity contribution in [1.29, 1.82) is 0 Å². The quantitative estimate of drug-likeness (QED) is 0.779. The van der Waals surface area contributed by atoms with Gasteiger partial charge in [0.1, 0.15) is 0 Å². The molecule has 5 nitrogen and oxygen atoms in total. The third-order valence-electron chi connectivity index (χ3n) is 3.33. The molecular formula is C13H17Br2NO4S. The highest BCUT2D eigenvalue weighted by Gasteiger charge is 2.34. The Balaban J connectivity index is 2.40. The highest BCUT2D eigenvalue weighted by molar-refractivity contribution is 9.11. The van der Waals surface area contributed by atoms with Gasteiger partial charge in [0.05, 0.1) is 23.7 Å². The van der Waals surface area contributed by atoms with E-state index in [0.717, 1.165) is 10.0 Å². The number of halogens is 2. The molecular weight excluding hydrogens is 426 g/mol. The van der Waals surface area contributed by atoms with Crippen LogP contribution in [0.15, 0.2) is 26.0 Å². The molecule has 21 heavy (non-hydrogen) atoms. The smallest absolute Gasteiger partial charge is 0.244 e. The van der Waals surface area contributed by atoms with Gasteiger partial charge in [-0.05, 0) is 47.5 Å². The second-order valence-corrected chi connectivity index (χ2v) is 8.72. The van der Waals surface area contributed by atoms with E-state index < -0.39 is 16.1 Å². The van der Waals surface area contributed by atoms with E-state index in [-0.39, 0.29) is 30.7 Å². The SMILES string of the molecule is Cc1cc(Br)c(S(=O)(=O)N2CC(C)OC(CO)C2)cc1Br. The van der Waals surface area contributed by atoms with Crippen molar-refractivity contribution in [3.63, 3.8) is 0 Å². The maximum absolute atomic E-state index is 12.8. The number of hydrogen-bond acceptors (Lipinski definition) is 4. The van der Waals surface area contributed by atoms with Crippen molar-refractivity contribution in [3.05, 3.63) is 26.6 Å². The Morgan fingerprint density at radius 1 is 1.33 bits per heavy atom. The van der Waals surface area contributed by atoms with Gasteiger partial charge in [0, 0.05) is 22.0 Å². The zero-order valence-electron chi connectivity index (χ0n) is 11.7. The summed E-state index contributed by atoms with van der Waals surface area (Å²) in [6, 6.07) is 3.37. The Bertz CT molecular complexity index is 635. The maximum Gasteiger partial charge on any atom is 0.244 e. The van der Waals surface area contributed by atoms with Crippen molar-refractivity contribution in [1.82, 2.24) is 4.31 Å². The summed E-state index contributed by atoms with van der Waals surface area (Å²) in [6.45, 7) is 3.92. The Labute approximate surface area is 141 Å². The van der Waals surface area contributed by atoms with E-state index >= 15 is 0 Å². The number of aliphatic hydroxyl groups is 1. The number of hydrogen-bond donors (Lipinski definition) is 1. The van der Waals surface area contributed by atoms with Gasteiger partial charge in [-0.1, -0.05) is 15.9 Å². The molecule has 0 bridgehead atoms. The van der Waals surface area contributed by atoms with E-state index in [1.807, 2.05) is 6.92 Å². The zero-order valence-corrected chi connectivity index (χ0v) is 15.7. The van der Waals surface area contributed by atoms with E-state index in [1.54, 1.807) is 19.1 Å². The number of sulfonamides is 1. The first-order valence-corrected chi connectivity index (χ1v) is 9.50. The number of rotatable bonds is 3. The predicted molar refractivity (Wildman–Crippen MR) is 86.8 cm³/mol. The fraction of sp³-hybridized carbons (Fsp3) is 0.538. The molecule has 0 aromatic heterocycles. The lowest BCUT2D eigenvalue weighted by Gasteiger charge is -2.35. The van der Waals surface area contributed by atoms with Crippen LogP contribution < -0.4 is 0 Å². The fourth-order valence-corrected chi connectivity index (χ4v) is 5.45. The van der Waals surface area contributed by atoms with E-state index in [2.05, 4.69) is 31.9 Å². The van der Waals surface area contributed by atoms with Gasteiger partial charge in [0.2, 0.25) is 10.0 Å². The summed E-state index contributed by atoms with van der Waals surface area (Å²) in [6.07, 6.45) is -0.741. The molecule has 2 unspecified atom stereocenters. The van der Waals surface area contributed by atoms with Crippen LogP contribution in [0.5, 0.6) is 0 Å². The highest BCUT2D eigenvalue weighted by Crippen LogP contribution is 2.31. The first-order chi connectivity index (χ1) is 9.75. The molecule has 0 spiro atoms. The summed E-state index contributed by atoms with van der Waals surface area (Å²) in [7, 11) is -3.64. The summed E-state index contributed by atoms with van der Waals surface area (Å²) in [5, 5.41) is 9.23. The van der Waals surface area contributed by atoms with Gasteiger partial charge in [-0.2, -0.15) is 4.31 Å². The molecule has 118 valence electrons. The normalized spacial score (nSPS) is 24.2. The van der Waals surface area contributed by atoms with Crippen LogP contribution in [0.1, 0.15) is 12.5 Å². The number of aryl methyl sites for hydroxylation is 1. The molecule has 8 heteroatoms. The van der Waals surface area contributed by atoms with Gasteiger partial charge < -0.3 is 9.84 Å². The van der Waals surface area contributed by atoms with Gasteiger partial charge in [-0.25, -0.2) is 8.42 Å². The highest BCUT2D eigenvalue weighted by atomic mass is 79.9. The van der Waals surface area contributed by atoms with Crippen molar-refractivity contribution in [2.24, 2.45) is 0 Å². The minimum atomic E-state index is -3.64. The standard InChI is InChI=1S/C13H17Br2NO4S/c1-8-3-12(15)13(4-11(8)14)21(18,19)16-5-9(2)20-10(6-16)7-17/h3-4,9-10,17H,5-7H2,1-2H3. The summed E-state index contributed by atoms with van der Waals surface area (Å²) < 4.78 is 33.8. The molecule has 1 N–H and O–H groups in total. The van der Waals surface area contributed by atoms with Crippen molar-refractivity contribution in [2.75, 3.05) is 19.7 Å². The fourth-order valence-electron chi connectivity index (χ4n) is 2.26. The minimum Gasteiger partial charge on any atom is -0.394 e. The Morgan fingerprint density at radius 2 is 2.00 bits per heavy atom. The Kier molecular flexibility index (Phi) is 5.49. The molecule has 2 atom stereocenters. The molecule has 2 rings (SSSR count). The van der Waals surface area contributed by atoms with Crippen LogP contribution >= 0.6 is 31.9 Å². The van der Waals surface area contributed by atoms with Gasteiger partial charge in [-0.3, -0.25) is 0 Å². The molecule has 0 amide bonds. The molecule has 1 aromatic carbocycles. The molecule has 0 saturated carbocycles. The second kappa shape index (κ2) is 6.64. The van der Waals surface area contributed by atoms with E-state index in [1.165, 1.54) is 4.31 Å². The zero-order chi connectivity index (χ0) is 15.8. The summed E-state index contributed by atoms with van der Waals surface area (Å²) in [4.78, 5) is 0.214. The molecule has 1 aromatic rings. The molecule has 0 radical (unpaired) electrons. The Hall–Kier alpha value is 0.01000. The third-order valence-corrected chi connectivity index (χ3v) is 6.97. The molecule has 0 aliphatic carbocycles. The average Bonchev–Trinajstić information content (AvgIpc) is 2.41. The predicted octanol–water partition coefficient (Wildman–Crippen LogP) is 2.29. The van der Waals surface area contributed by atoms with Crippen molar-refractivity contribution >= 4 is 41.9 Å². The molecule has 1 saturated heterocycles. The number of morpholine rings is 1. The topological polar surface area (TPSA) is 66.8 Å². The molecule has 1 aliphatic rings. The number of benzene rings is 1. The van der Waals surface area contributed by atoms with E-state index in [9.17, 15) is 13.5 Å². The van der Waals surface area contributed by atoms with E-state index in [0.29, 0.717) is 4.47 Å². The van der Waals surface area contributed by atoms with Gasteiger partial charge >= 0.3 is 0 Å². The first kappa shape index (κ1) is 17.4. The van der Waals surface area contributed by atoms with Crippen LogP contribution in [0.4, 0.5) is 0 Å². The number of nitrogens with zero attached hydrogens (tertiary/aromatic N) is 1. The van der Waals surface area contributed by atoms with Crippen molar-refractivity contribution < 1.29 is 18.3 Å². The summed E-state index contributed by atoms with van der Waals surface area (Å²) in [5.74, 6) is 0. The third kappa shape index (κ3) is 3.68. The van der Waals surface area contributed by atoms with Crippen LogP contribution in [0, 0.1) is 6.92 Å². The van der Waals surface area contributed by atoms with Crippen LogP contribution in [0.25, 0.3) is 0 Å². The molecule has 1 fully saturated rings. The lowest BCUT2D eigenvalue weighted by Crippen LogP contribution is -2.50. The van der Waals surface area contributed by atoms with Crippen LogP contribution in [0.3, 0.4) is 0 Å². The van der Waals surface area contributed by atoms with Gasteiger partial charge in [-0.15, -0.1) is 0 Å². The van der Waals surface area contributed by atoms with Crippen LogP contribution in [-0.4, -0.2) is 49.7 Å². The lowest BCUT2D eigenvalue weighted by atomic mass is 10.2.